The van der Waals surface area contributed by atoms with Crippen molar-refractivity contribution in [3.05, 3.63) is 0 Å². The summed E-state index contributed by atoms with van der Waals surface area (Å²) in [4.78, 5) is 0. The topological polar surface area (TPSA) is 46.2 Å². The van der Waals surface area contributed by atoms with E-state index in [-0.39, 0.29) is 5.54 Å². The molecule has 0 bridgehead atoms. The van der Waals surface area contributed by atoms with Crippen molar-refractivity contribution in [3.63, 3.8) is 0 Å². The van der Waals surface area contributed by atoms with E-state index in [0.29, 0.717) is 0 Å². The maximum atomic E-state index is 9.85. The van der Waals surface area contributed by atoms with Crippen LogP contribution in [0.3, 0.4) is 0 Å². The zero-order valence-electron chi connectivity index (χ0n) is 7.27. The summed E-state index contributed by atoms with van der Waals surface area (Å²) in [6.45, 7) is 0. The Morgan fingerprint density at radius 3 is 2.08 bits per heavy atom. The van der Waals surface area contributed by atoms with E-state index in [4.69, 9.17) is 5.73 Å². The highest BCUT2D eigenvalue weighted by Crippen LogP contribution is 2.33. The summed E-state index contributed by atoms with van der Waals surface area (Å²) in [5.74, 6) is 5.93. The lowest BCUT2D eigenvalue weighted by molar-refractivity contribution is 0.109. The molecule has 3 N–H and O–H groups in total. The molecule has 0 aromatic heterocycles. The molecule has 0 radical (unpaired) electrons. The average molecular weight is 165 g/mol. The SMILES string of the molecule is NC1(C#CC2(O)CCCC2)CC1. The van der Waals surface area contributed by atoms with E-state index in [1.54, 1.807) is 0 Å². The summed E-state index contributed by atoms with van der Waals surface area (Å²) in [5, 5.41) is 9.85. The standard InChI is InChI=1S/C10H15NO/c11-9(5-6-9)7-8-10(12)3-1-2-4-10/h12H,1-6,11H2. The van der Waals surface area contributed by atoms with Gasteiger partial charge in [0.05, 0.1) is 5.54 Å². The van der Waals surface area contributed by atoms with E-state index in [2.05, 4.69) is 11.8 Å². The van der Waals surface area contributed by atoms with Gasteiger partial charge in [0.25, 0.3) is 0 Å². The van der Waals surface area contributed by atoms with Crippen LogP contribution in [0.5, 0.6) is 0 Å². The molecular formula is C10H15NO. The molecule has 0 atom stereocenters. The predicted molar refractivity (Wildman–Crippen MR) is 47.3 cm³/mol. The van der Waals surface area contributed by atoms with Gasteiger partial charge in [0.1, 0.15) is 5.60 Å². The van der Waals surface area contributed by atoms with E-state index in [1.807, 2.05) is 0 Å². The molecule has 0 aliphatic heterocycles. The van der Waals surface area contributed by atoms with Gasteiger partial charge < -0.3 is 10.8 Å². The third-order valence-corrected chi connectivity index (χ3v) is 2.76. The van der Waals surface area contributed by atoms with E-state index in [1.165, 1.54) is 0 Å². The summed E-state index contributed by atoms with van der Waals surface area (Å²) < 4.78 is 0. The zero-order valence-corrected chi connectivity index (χ0v) is 7.27. The molecule has 0 aromatic carbocycles. The monoisotopic (exact) mass is 165 g/mol. The molecule has 0 aromatic rings. The smallest absolute Gasteiger partial charge is 0.125 e. The fourth-order valence-electron chi connectivity index (χ4n) is 1.59. The van der Waals surface area contributed by atoms with Gasteiger partial charge in [-0.1, -0.05) is 11.8 Å². The van der Waals surface area contributed by atoms with Crippen LogP contribution in [0.2, 0.25) is 0 Å². The van der Waals surface area contributed by atoms with E-state index in [0.717, 1.165) is 38.5 Å². The summed E-state index contributed by atoms with van der Waals surface area (Å²) in [5.41, 5.74) is 4.86. The Morgan fingerprint density at radius 2 is 1.58 bits per heavy atom. The number of aliphatic hydroxyl groups is 1. The zero-order chi connectivity index (χ0) is 8.66. The minimum Gasteiger partial charge on any atom is -0.378 e. The van der Waals surface area contributed by atoms with Gasteiger partial charge in [0.2, 0.25) is 0 Å². The van der Waals surface area contributed by atoms with Gasteiger partial charge in [0.15, 0.2) is 0 Å². The quantitative estimate of drug-likeness (QED) is 0.521. The molecule has 0 unspecified atom stereocenters. The van der Waals surface area contributed by atoms with Crippen LogP contribution in [-0.2, 0) is 0 Å². The molecule has 2 nitrogen and oxygen atoms in total. The van der Waals surface area contributed by atoms with Crippen LogP contribution in [0.1, 0.15) is 38.5 Å². The molecule has 2 fully saturated rings. The molecular weight excluding hydrogens is 150 g/mol. The van der Waals surface area contributed by atoms with Crippen LogP contribution in [0, 0.1) is 11.8 Å². The Bertz CT molecular complexity index is 238. The normalized spacial score (nSPS) is 29.2. The van der Waals surface area contributed by atoms with Crippen molar-refractivity contribution in [2.45, 2.75) is 49.7 Å². The molecule has 12 heavy (non-hydrogen) atoms. The minimum atomic E-state index is -0.699. The number of hydrogen-bond donors (Lipinski definition) is 2. The first-order valence-corrected chi connectivity index (χ1v) is 4.68. The van der Waals surface area contributed by atoms with Gasteiger partial charge in [0, 0.05) is 0 Å². The summed E-state index contributed by atoms with van der Waals surface area (Å²) in [7, 11) is 0. The van der Waals surface area contributed by atoms with Crippen molar-refractivity contribution in [2.75, 3.05) is 0 Å². The Kier molecular flexibility index (Phi) is 1.67. The van der Waals surface area contributed by atoms with Crippen molar-refractivity contribution in [3.8, 4) is 11.8 Å². The molecule has 2 saturated carbocycles. The molecule has 0 spiro atoms. The van der Waals surface area contributed by atoms with Gasteiger partial charge in [-0.25, -0.2) is 0 Å². The largest absolute Gasteiger partial charge is 0.378 e. The molecule has 2 heteroatoms. The Morgan fingerprint density at radius 1 is 1.00 bits per heavy atom. The third-order valence-electron chi connectivity index (χ3n) is 2.76. The number of hydrogen-bond acceptors (Lipinski definition) is 2. The van der Waals surface area contributed by atoms with Crippen LogP contribution >= 0.6 is 0 Å². The summed E-state index contributed by atoms with van der Waals surface area (Å²) in [6.07, 6.45) is 5.85. The molecule has 0 heterocycles. The van der Waals surface area contributed by atoms with Gasteiger partial charge >= 0.3 is 0 Å². The first kappa shape index (κ1) is 8.10. The van der Waals surface area contributed by atoms with Crippen molar-refractivity contribution in [2.24, 2.45) is 5.73 Å². The molecule has 2 aliphatic rings. The maximum Gasteiger partial charge on any atom is 0.125 e. The Hall–Kier alpha value is -0.520. The van der Waals surface area contributed by atoms with Gasteiger partial charge in [-0.05, 0) is 38.5 Å². The second kappa shape index (κ2) is 2.48. The Labute approximate surface area is 73.1 Å². The van der Waals surface area contributed by atoms with Crippen LogP contribution in [-0.4, -0.2) is 16.2 Å². The maximum absolute atomic E-state index is 9.85. The number of rotatable bonds is 0. The second-order valence-electron chi connectivity index (χ2n) is 4.14. The highest BCUT2D eigenvalue weighted by molar-refractivity contribution is 5.29. The van der Waals surface area contributed by atoms with Crippen LogP contribution < -0.4 is 5.73 Å². The summed E-state index contributed by atoms with van der Waals surface area (Å²) in [6, 6.07) is 0. The van der Waals surface area contributed by atoms with Crippen molar-refractivity contribution in [1.29, 1.82) is 0 Å². The first-order valence-electron chi connectivity index (χ1n) is 4.68. The van der Waals surface area contributed by atoms with Gasteiger partial charge in [-0.2, -0.15) is 0 Å². The second-order valence-corrected chi connectivity index (χ2v) is 4.14. The molecule has 0 saturated heterocycles. The van der Waals surface area contributed by atoms with Crippen molar-refractivity contribution >= 4 is 0 Å². The Balaban J connectivity index is 2.03. The molecule has 2 aliphatic carbocycles. The average Bonchev–Trinajstić information content (AvgIpc) is 2.60. The van der Waals surface area contributed by atoms with E-state index < -0.39 is 5.60 Å². The van der Waals surface area contributed by atoms with Crippen molar-refractivity contribution < 1.29 is 5.11 Å². The van der Waals surface area contributed by atoms with Crippen LogP contribution in [0.15, 0.2) is 0 Å². The lowest BCUT2D eigenvalue weighted by Crippen LogP contribution is -2.24. The minimum absolute atomic E-state index is 0.238. The first-order chi connectivity index (χ1) is 5.62. The van der Waals surface area contributed by atoms with Gasteiger partial charge in [-0.15, -0.1) is 0 Å². The highest BCUT2D eigenvalue weighted by atomic mass is 16.3. The lowest BCUT2D eigenvalue weighted by Gasteiger charge is -2.13. The third kappa shape index (κ3) is 1.63. The molecule has 66 valence electrons. The number of nitrogens with two attached hydrogens (primary N) is 1. The predicted octanol–water partition coefficient (Wildman–Crippen LogP) is 0.786. The summed E-state index contributed by atoms with van der Waals surface area (Å²) >= 11 is 0. The van der Waals surface area contributed by atoms with E-state index in [9.17, 15) is 5.11 Å². The van der Waals surface area contributed by atoms with Crippen molar-refractivity contribution in [1.82, 2.24) is 0 Å². The fourth-order valence-corrected chi connectivity index (χ4v) is 1.59. The van der Waals surface area contributed by atoms with E-state index >= 15 is 0 Å². The van der Waals surface area contributed by atoms with Crippen LogP contribution in [0.25, 0.3) is 0 Å². The molecule has 0 amide bonds. The highest BCUT2D eigenvalue weighted by Gasteiger charge is 2.37. The molecule has 2 rings (SSSR count). The fraction of sp³-hybridized carbons (Fsp3) is 0.800. The van der Waals surface area contributed by atoms with Crippen LogP contribution in [0.4, 0.5) is 0 Å². The van der Waals surface area contributed by atoms with Gasteiger partial charge in [-0.3, -0.25) is 0 Å². The lowest BCUT2D eigenvalue weighted by atomic mass is 10.0.